The van der Waals surface area contributed by atoms with Crippen LogP contribution in [0.4, 0.5) is 17.5 Å². The van der Waals surface area contributed by atoms with E-state index in [1.54, 1.807) is 7.11 Å². The number of hydrogen-bond acceptors (Lipinski definition) is 6. The standard InChI is InChI=1S/C20H23N7O/c1-13-11-18(26-25-13)22-17-12-19(27(2)9-10-28-3)24-20(23-17)15-5-4-6-16-14(15)7-8-21-16/h4-8,11-12,21H,9-10H2,1-3H3,(H2,22,23,24,25,26). The number of fused-ring (bicyclic) bond motifs is 1. The van der Waals surface area contributed by atoms with Crippen molar-refractivity contribution in [3.05, 3.63) is 48.3 Å². The molecule has 0 bridgehead atoms. The lowest BCUT2D eigenvalue weighted by Crippen LogP contribution is -2.23. The molecular weight excluding hydrogens is 354 g/mol. The van der Waals surface area contributed by atoms with Crippen LogP contribution in [-0.4, -0.2) is 52.5 Å². The van der Waals surface area contributed by atoms with E-state index in [4.69, 9.17) is 14.7 Å². The Morgan fingerprint density at radius 2 is 2.04 bits per heavy atom. The highest BCUT2D eigenvalue weighted by atomic mass is 16.5. The highest BCUT2D eigenvalue weighted by molar-refractivity contribution is 5.93. The average molecular weight is 377 g/mol. The Hall–Kier alpha value is -3.39. The Kier molecular flexibility index (Phi) is 4.94. The van der Waals surface area contributed by atoms with Crippen LogP contribution < -0.4 is 10.2 Å². The highest BCUT2D eigenvalue weighted by Gasteiger charge is 2.13. The second kappa shape index (κ2) is 7.69. The maximum absolute atomic E-state index is 5.21. The van der Waals surface area contributed by atoms with Gasteiger partial charge in [0.05, 0.1) is 6.61 Å². The number of benzene rings is 1. The number of likely N-dealkylation sites (N-methyl/N-ethyl adjacent to an activating group) is 1. The number of hydrogen-bond donors (Lipinski definition) is 3. The molecule has 0 radical (unpaired) electrons. The Bertz CT molecular complexity index is 1090. The number of nitrogens with zero attached hydrogens (tertiary/aromatic N) is 4. The minimum atomic E-state index is 0.616. The zero-order valence-corrected chi connectivity index (χ0v) is 16.2. The number of H-pyrrole nitrogens is 2. The zero-order valence-electron chi connectivity index (χ0n) is 16.2. The first-order valence-electron chi connectivity index (χ1n) is 9.09. The summed E-state index contributed by atoms with van der Waals surface area (Å²) in [4.78, 5) is 14.9. The topological polar surface area (TPSA) is 94.7 Å². The first-order chi connectivity index (χ1) is 13.6. The summed E-state index contributed by atoms with van der Waals surface area (Å²) in [5.41, 5.74) is 3.00. The Balaban J connectivity index is 1.78. The number of methoxy groups -OCH3 is 1. The molecule has 0 saturated heterocycles. The van der Waals surface area contributed by atoms with Gasteiger partial charge < -0.3 is 19.9 Å². The molecule has 0 aliphatic heterocycles. The molecule has 8 heteroatoms. The lowest BCUT2D eigenvalue weighted by Gasteiger charge is -2.19. The van der Waals surface area contributed by atoms with E-state index in [0.29, 0.717) is 24.1 Å². The van der Waals surface area contributed by atoms with Crippen molar-refractivity contribution in [1.82, 2.24) is 25.1 Å². The number of aryl methyl sites for hydroxylation is 1. The van der Waals surface area contributed by atoms with Gasteiger partial charge in [-0.25, -0.2) is 9.97 Å². The second-order valence-electron chi connectivity index (χ2n) is 6.66. The maximum atomic E-state index is 5.21. The normalized spacial score (nSPS) is 11.1. The monoisotopic (exact) mass is 377 g/mol. The van der Waals surface area contributed by atoms with Crippen molar-refractivity contribution in [1.29, 1.82) is 0 Å². The molecule has 0 aliphatic rings. The molecule has 28 heavy (non-hydrogen) atoms. The fourth-order valence-corrected chi connectivity index (χ4v) is 3.05. The molecule has 1 aromatic carbocycles. The molecule has 0 atom stereocenters. The van der Waals surface area contributed by atoms with E-state index in [1.807, 2.05) is 61.5 Å². The van der Waals surface area contributed by atoms with Crippen molar-refractivity contribution in [2.75, 3.05) is 37.5 Å². The van der Waals surface area contributed by atoms with Crippen molar-refractivity contribution in [2.24, 2.45) is 0 Å². The molecule has 0 fully saturated rings. The van der Waals surface area contributed by atoms with Gasteiger partial charge in [0.25, 0.3) is 0 Å². The molecule has 8 nitrogen and oxygen atoms in total. The van der Waals surface area contributed by atoms with E-state index in [1.165, 1.54) is 0 Å². The molecular formula is C20H23N7O. The summed E-state index contributed by atoms with van der Waals surface area (Å²) in [5, 5.41) is 11.5. The van der Waals surface area contributed by atoms with Gasteiger partial charge in [0, 0.05) is 61.2 Å². The third kappa shape index (κ3) is 3.67. The third-order valence-electron chi connectivity index (χ3n) is 4.53. The van der Waals surface area contributed by atoms with Gasteiger partial charge in [-0.1, -0.05) is 12.1 Å². The molecule has 0 amide bonds. The minimum Gasteiger partial charge on any atom is -0.383 e. The fraction of sp³-hybridized carbons (Fsp3) is 0.250. The number of nitrogens with one attached hydrogen (secondary N) is 3. The van der Waals surface area contributed by atoms with Crippen LogP contribution in [-0.2, 0) is 4.74 Å². The van der Waals surface area contributed by atoms with Crippen LogP contribution in [0, 0.1) is 6.92 Å². The van der Waals surface area contributed by atoms with Crippen LogP contribution in [0.5, 0.6) is 0 Å². The van der Waals surface area contributed by atoms with Gasteiger partial charge >= 0.3 is 0 Å². The Morgan fingerprint density at radius 1 is 1.14 bits per heavy atom. The SMILES string of the molecule is COCCN(C)c1cc(Nc2cc(C)[nH]n2)nc(-c2cccc3[nH]ccc23)n1. The Labute approximate surface area is 163 Å². The predicted molar refractivity (Wildman–Crippen MR) is 111 cm³/mol. The highest BCUT2D eigenvalue weighted by Crippen LogP contribution is 2.29. The third-order valence-corrected chi connectivity index (χ3v) is 4.53. The average Bonchev–Trinajstić information content (AvgIpc) is 3.34. The molecule has 0 saturated carbocycles. The minimum absolute atomic E-state index is 0.616. The first-order valence-corrected chi connectivity index (χ1v) is 9.09. The maximum Gasteiger partial charge on any atom is 0.164 e. The van der Waals surface area contributed by atoms with Crippen molar-refractivity contribution >= 4 is 28.4 Å². The lowest BCUT2D eigenvalue weighted by atomic mass is 10.1. The molecule has 144 valence electrons. The van der Waals surface area contributed by atoms with Gasteiger partial charge in [-0.3, -0.25) is 5.10 Å². The number of ether oxygens (including phenoxy) is 1. The van der Waals surface area contributed by atoms with Crippen molar-refractivity contribution in [3.8, 4) is 11.4 Å². The fourth-order valence-electron chi connectivity index (χ4n) is 3.05. The van der Waals surface area contributed by atoms with E-state index in [0.717, 1.165) is 34.5 Å². The molecule has 4 rings (SSSR count). The predicted octanol–water partition coefficient (Wildman–Crippen LogP) is 3.48. The molecule has 3 aromatic heterocycles. The number of aromatic amines is 2. The smallest absolute Gasteiger partial charge is 0.164 e. The summed E-state index contributed by atoms with van der Waals surface area (Å²) in [5.74, 6) is 2.86. The van der Waals surface area contributed by atoms with Crippen LogP contribution in [0.2, 0.25) is 0 Å². The molecule has 0 aliphatic carbocycles. The molecule has 0 unspecified atom stereocenters. The summed E-state index contributed by atoms with van der Waals surface area (Å²) in [7, 11) is 3.68. The molecule has 4 aromatic rings. The molecule has 0 spiro atoms. The quantitative estimate of drug-likeness (QED) is 0.456. The van der Waals surface area contributed by atoms with Crippen LogP contribution in [0.15, 0.2) is 42.6 Å². The summed E-state index contributed by atoms with van der Waals surface area (Å²) < 4.78 is 5.21. The Morgan fingerprint density at radius 3 is 2.82 bits per heavy atom. The number of anilines is 3. The van der Waals surface area contributed by atoms with Gasteiger partial charge in [-0.05, 0) is 19.1 Å². The summed E-state index contributed by atoms with van der Waals surface area (Å²) in [6.45, 7) is 3.30. The largest absolute Gasteiger partial charge is 0.383 e. The van der Waals surface area contributed by atoms with Crippen molar-refractivity contribution in [2.45, 2.75) is 6.92 Å². The summed E-state index contributed by atoms with van der Waals surface area (Å²) in [6, 6.07) is 12.0. The van der Waals surface area contributed by atoms with Crippen molar-refractivity contribution in [3.63, 3.8) is 0 Å². The van der Waals surface area contributed by atoms with E-state index < -0.39 is 0 Å². The van der Waals surface area contributed by atoms with E-state index in [-0.39, 0.29) is 0 Å². The van der Waals surface area contributed by atoms with Gasteiger partial charge in [-0.15, -0.1) is 0 Å². The van der Waals surface area contributed by atoms with Crippen molar-refractivity contribution < 1.29 is 4.74 Å². The molecule has 3 heterocycles. The number of rotatable bonds is 7. The molecule has 3 N–H and O–H groups in total. The lowest BCUT2D eigenvalue weighted by molar-refractivity contribution is 0.206. The van der Waals surface area contributed by atoms with Crippen LogP contribution in [0.1, 0.15) is 5.69 Å². The summed E-state index contributed by atoms with van der Waals surface area (Å²) >= 11 is 0. The zero-order chi connectivity index (χ0) is 19.5. The van der Waals surface area contributed by atoms with E-state index in [9.17, 15) is 0 Å². The van der Waals surface area contributed by atoms with E-state index >= 15 is 0 Å². The van der Waals surface area contributed by atoms with Gasteiger partial charge in [0.15, 0.2) is 11.6 Å². The number of aromatic nitrogens is 5. The van der Waals surface area contributed by atoms with E-state index in [2.05, 4.69) is 20.5 Å². The van der Waals surface area contributed by atoms with Gasteiger partial charge in [0.1, 0.15) is 11.6 Å². The second-order valence-corrected chi connectivity index (χ2v) is 6.66. The van der Waals surface area contributed by atoms with Crippen LogP contribution in [0.3, 0.4) is 0 Å². The van der Waals surface area contributed by atoms with Crippen LogP contribution in [0.25, 0.3) is 22.3 Å². The van der Waals surface area contributed by atoms with Gasteiger partial charge in [0.2, 0.25) is 0 Å². The summed E-state index contributed by atoms with van der Waals surface area (Å²) in [6.07, 6.45) is 1.92. The van der Waals surface area contributed by atoms with Crippen LogP contribution >= 0.6 is 0 Å². The first kappa shape index (κ1) is 18.0. The van der Waals surface area contributed by atoms with Gasteiger partial charge in [-0.2, -0.15) is 5.10 Å².